The lowest BCUT2D eigenvalue weighted by Crippen LogP contribution is -2.36. The molecule has 0 bridgehead atoms. The van der Waals surface area contributed by atoms with Crippen LogP contribution < -0.4 is 15.8 Å². The highest BCUT2D eigenvalue weighted by molar-refractivity contribution is 5.91. The monoisotopic (exact) mass is 378 g/mol. The first-order chi connectivity index (χ1) is 13.6. The van der Waals surface area contributed by atoms with Crippen LogP contribution in [0.1, 0.15) is 5.56 Å². The van der Waals surface area contributed by atoms with Gasteiger partial charge < -0.3 is 15.0 Å². The molecular weight excluding hydrogens is 356 g/mol. The Morgan fingerprint density at radius 1 is 1.14 bits per heavy atom. The first-order valence-electron chi connectivity index (χ1n) is 9.29. The predicted molar refractivity (Wildman–Crippen MR) is 109 cm³/mol. The molecule has 1 saturated heterocycles. The van der Waals surface area contributed by atoms with E-state index in [1.165, 1.54) is 10.9 Å². The fourth-order valence-corrected chi connectivity index (χ4v) is 3.38. The van der Waals surface area contributed by atoms with E-state index >= 15 is 0 Å². The molecule has 0 saturated carbocycles. The minimum Gasteiger partial charge on any atom is -0.378 e. The molecule has 1 N–H and O–H groups in total. The minimum atomic E-state index is -0.268. The molecule has 1 fully saturated rings. The van der Waals surface area contributed by atoms with E-state index in [4.69, 9.17) is 4.74 Å². The van der Waals surface area contributed by atoms with Gasteiger partial charge in [-0.05, 0) is 42.8 Å². The summed E-state index contributed by atoms with van der Waals surface area (Å²) in [6, 6.07) is 13.2. The van der Waals surface area contributed by atoms with Gasteiger partial charge in [-0.15, -0.1) is 0 Å². The van der Waals surface area contributed by atoms with Crippen molar-refractivity contribution in [1.82, 2.24) is 9.55 Å². The number of aryl methyl sites for hydroxylation is 1. The second-order valence-electron chi connectivity index (χ2n) is 6.84. The molecule has 2 aromatic carbocycles. The van der Waals surface area contributed by atoms with E-state index in [9.17, 15) is 9.59 Å². The fraction of sp³-hybridized carbons (Fsp3) is 0.286. The van der Waals surface area contributed by atoms with Gasteiger partial charge in [-0.3, -0.25) is 14.2 Å². The van der Waals surface area contributed by atoms with Crippen molar-refractivity contribution < 1.29 is 9.53 Å². The summed E-state index contributed by atoms with van der Waals surface area (Å²) in [5.41, 5.74) is 3.19. The third kappa shape index (κ3) is 3.75. The molecule has 3 aromatic rings. The lowest BCUT2D eigenvalue weighted by molar-refractivity contribution is -0.116. The highest BCUT2D eigenvalue weighted by atomic mass is 16.5. The van der Waals surface area contributed by atoms with Gasteiger partial charge in [0.25, 0.3) is 5.56 Å². The van der Waals surface area contributed by atoms with E-state index in [1.807, 2.05) is 43.3 Å². The molecule has 7 heteroatoms. The molecule has 0 unspecified atom stereocenters. The number of benzene rings is 2. The Labute approximate surface area is 162 Å². The zero-order valence-corrected chi connectivity index (χ0v) is 15.7. The van der Waals surface area contributed by atoms with Gasteiger partial charge in [-0.1, -0.05) is 12.1 Å². The van der Waals surface area contributed by atoms with Gasteiger partial charge in [-0.2, -0.15) is 0 Å². The summed E-state index contributed by atoms with van der Waals surface area (Å²) in [4.78, 5) is 31.6. The number of hydrogen-bond donors (Lipinski definition) is 1. The molecule has 1 aromatic heterocycles. The number of anilines is 2. The lowest BCUT2D eigenvalue weighted by Gasteiger charge is -2.28. The largest absolute Gasteiger partial charge is 0.378 e. The number of morpholine rings is 1. The average Bonchev–Trinajstić information content (AvgIpc) is 2.72. The maximum atomic E-state index is 12.6. The number of nitrogens with one attached hydrogen (secondary N) is 1. The summed E-state index contributed by atoms with van der Waals surface area (Å²) >= 11 is 0. The number of fused-ring (bicyclic) bond motifs is 1. The Hall–Kier alpha value is -3.19. The van der Waals surface area contributed by atoms with Crippen LogP contribution in [0.5, 0.6) is 0 Å². The molecule has 2 heterocycles. The molecule has 0 aliphatic carbocycles. The molecular formula is C21H22N4O3. The predicted octanol–water partition coefficient (Wildman–Crippen LogP) is 2.18. The van der Waals surface area contributed by atoms with Gasteiger partial charge in [-0.25, -0.2) is 4.98 Å². The summed E-state index contributed by atoms with van der Waals surface area (Å²) < 4.78 is 6.70. The van der Waals surface area contributed by atoms with E-state index in [0.29, 0.717) is 16.6 Å². The summed E-state index contributed by atoms with van der Waals surface area (Å²) in [5, 5.41) is 3.36. The van der Waals surface area contributed by atoms with Crippen molar-refractivity contribution >= 4 is 28.2 Å². The van der Waals surface area contributed by atoms with Crippen LogP contribution in [0.3, 0.4) is 0 Å². The summed E-state index contributed by atoms with van der Waals surface area (Å²) in [6.07, 6.45) is 1.43. The van der Waals surface area contributed by atoms with Crippen molar-refractivity contribution in [2.75, 3.05) is 36.5 Å². The first kappa shape index (κ1) is 18.2. The number of carbonyl (C=O) groups is 1. The zero-order chi connectivity index (χ0) is 19.5. The molecule has 1 aliphatic heterocycles. The summed E-state index contributed by atoms with van der Waals surface area (Å²) in [7, 11) is 0. The maximum absolute atomic E-state index is 12.6. The van der Waals surface area contributed by atoms with E-state index in [0.717, 1.165) is 37.6 Å². The van der Waals surface area contributed by atoms with Crippen LogP contribution in [0, 0.1) is 6.92 Å². The molecule has 1 amide bonds. The Morgan fingerprint density at radius 2 is 1.89 bits per heavy atom. The Balaban J connectivity index is 1.45. The number of aromatic nitrogens is 2. The number of carbonyl (C=O) groups excluding carboxylic acids is 1. The van der Waals surface area contributed by atoms with Gasteiger partial charge in [0.2, 0.25) is 5.91 Å². The maximum Gasteiger partial charge on any atom is 0.261 e. The second-order valence-corrected chi connectivity index (χ2v) is 6.84. The van der Waals surface area contributed by atoms with Crippen molar-refractivity contribution in [2.24, 2.45) is 0 Å². The molecule has 4 rings (SSSR count). The molecule has 144 valence electrons. The van der Waals surface area contributed by atoms with Crippen molar-refractivity contribution in [3.63, 3.8) is 0 Å². The van der Waals surface area contributed by atoms with Crippen LogP contribution in [0.4, 0.5) is 11.4 Å². The van der Waals surface area contributed by atoms with Crippen molar-refractivity contribution in [2.45, 2.75) is 13.5 Å². The van der Waals surface area contributed by atoms with Gasteiger partial charge in [0.1, 0.15) is 6.54 Å². The molecule has 28 heavy (non-hydrogen) atoms. The molecule has 0 spiro atoms. The number of amides is 1. The minimum absolute atomic E-state index is 0.0824. The van der Waals surface area contributed by atoms with Crippen LogP contribution in [0.2, 0.25) is 0 Å². The summed E-state index contributed by atoms with van der Waals surface area (Å²) in [5.74, 6) is -0.268. The molecule has 0 radical (unpaired) electrons. The van der Waals surface area contributed by atoms with Crippen LogP contribution in [-0.2, 0) is 16.1 Å². The second kappa shape index (κ2) is 7.82. The Bertz CT molecular complexity index is 1050. The number of rotatable bonds is 4. The van der Waals surface area contributed by atoms with Crippen LogP contribution in [-0.4, -0.2) is 41.8 Å². The molecule has 0 atom stereocenters. The summed E-state index contributed by atoms with van der Waals surface area (Å²) in [6.45, 7) is 5.01. The normalized spacial score (nSPS) is 14.2. The topological polar surface area (TPSA) is 76.5 Å². The number of hydrogen-bond acceptors (Lipinski definition) is 5. The Kier molecular flexibility index (Phi) is 5.08. The highest BCUT2D eigenvalue weighted by Crippen LogP contribution is 2.19. The average molecular weight is 378 g/mol. The SMILES string of the molecule is Cc1cccc2c(=O)n(CC(=O)Nc3ccc(N4CCOCC4)cc3)cnc12. The van der Waals surface area contributed by atoms with E-state index in [1.54, 1.807) is 6.07 Å². The lowest BCUT2D eigenvalue weighted by atomic mass is 10.1. The van der Waals surface area contributed by atoms with Crippen molar-refractivity contribution in [3.8, 4) is 0 Å². The third-order valence-corrected chi connectivity index (χ3v) is 4.90. The standard InChI is InChI=1S/C21H22N4O3/c1-15-3-2-4-18-20(15)22-14-25(21(18)27)13-19(26)23-16-5-7-17(8-6-16)24-9-11-28-12-10-24/h2-8,14H,9-13H2,1H3,(H,23,26). The van der Waals surface area contributed by atoms with Gasteiger partial charge in [0.05, 0.1) is 30.4 Å². The van der Waals surface area contributed by atoms with Gasteiger partial charge >= 0.3 is 0 Å². The van der Waals surface area contributed by atoms with E-state index < -0.39 is 0 Å². The Morgan fingerprint density at radius 3 is 2.64 bits per heavy atom. The van der Waals surface area contributed by atoms with Gasteiger partial charge in [0.15, 0.2) is 0 Å². The van der Waals surface area contributed by atoms with Gasteiger partial charge in [0, 0.05) is 24.5 Å². The van der Waals surface area contributed by atoms with Crippen LogP contribution >= 0.6 is 0 Å². The van der Waals surface area contributed by atoms with Crippen LogP contribution in [0.15, 0.2) is 53.6 Å². The van der Waals surface area contributed by atoms with E-state index in [2.05, 4.69) is 15.2 Å². The molecule has 1 aliphatic rings. The fourth-order valence-electron chi connectivity index (χ4n) is 3.38. The quantitative estimate of drug-likeness (QED) is 0.753. The van der Waals surface area contributed by atoms with E-state index in [-0.39, 0.29) is 18.0 Å². The number of nitrogens with zero attached hydrogens (tertiary/aromatic N) is 3. The third-order valence-electron chi connectivity index (χ3n) is 4.90. The highest BCUT2D eigenvalue weighted by Gasteiger charge is 2.12. The van der Waals surface area contributed by atoms with Crippen LogP contribution in [0.25, 0.3) is 10.9 Å². The zero-order valence-electron chi connectivity index (χ0n) is 15.7. The number of para-hydroxylation sites is 1. The first-order valence-corrected chi connectivity index (χ1v) is 9.29. The van der Waals surface area contributed by atoms with Crippen molar-refractivity contribution in [1.29, 1.82) is 0 Å². The number of ether oxygens (including phenoxy) is 1. The smallest absolute Gasteiger partial charge is 0.261 e. The molecule has 7 nitrogen and oxygen atoms in total. The van der Waals surface area contributed by atoms with Crippen molar-refractivity contribution in [3.05, 3.63) is 64.7 Å².